The summed E-state index contributed by atoms with van der Waals surface area (Å²) in [5.41, 5.74) is 2.44. The molecule has 0 radical (unpaired) electrons. The lowest BCUT2D eigenvalue weighted by Crippen LogP contribution is -2.51. The molecule has 6 heteroatoms. The number of rotatable bonds is 13. The maximum Gasteiger partial charge on any atom is 0.410 e. The van der Waals surface area contributed by atoms with Crippen molar-refractivity contribution in [2.24, 2.45) is 46.3 Å². The molecule has 6 nitrogen and oxygen atoms in total. The van der Waals surface area contributed by atoms with Crippen molar-refractivity contribution in [1.29, 1.82) is 0 Å². The van der Waals surface area contributed by atoms with Gasteiger partial charge in [-0.3, -0.25) is 9.69 Å². The molecule has 0 aromatic carbocycles. The van der Waals surface area contributed by atoms with Gasteiger partial charge in [0, 0.05) is 6.54 Å². The van der Waals surface area contributed by atoms with Crippen molar-refractivity contribution in [1.82, 2.24) is 4.90 Å². The van der Waals surface area contributed by atoms with Crippen LogP contribution in [0, 0.1) is 46.3 Å². The Kier molecular flexibility index (Phi) is 11.5. The van der Waals surface area contributed by atoms with Crippen LogP contribution in [0.25, 0.3) is 0 Å². The molecule has 3 fully saturated rings. The van der Waals surface area contributed by atoms with Crippen LogP contribution in [0.1, 0.15) is 119 Å². The lowest BCUT2D eigenvalue weighted by Gasteiger charge is -2.58. The van der Waals surface area contributed by atoms with Gasteiger partial charge in [-0.1, -0.05) is 65.5 Å². The Morgan fingerprint density at radius 2 is 1.74 bits per heavy atom. The Bertz CT molecular complexity index is 947. The molecule has 4 aliphatic rings. The van der Waals surface area contributed by atoms with E-state index in [0.29, 0.717) is 30.6 Å². The van der Waals surface area contributed by atoms with Crippen molar-refractivity contribution in [3.63, 3.8) is 0 Å². The molecule has 0 bridgehead atoms. The van der Waals surface area contributed by atoms with Crippen LogP contribution < -0.4 is 0 Å². The van der Waals surface area contributed by atoms with Gasteiger partial charge >= 0.3 is 12.1 Å². The molecule has 0 N–H and O–H groups in total. The van der Waals surface area contributed by atoms with E-state index in [1.807, 2.05) is 0 Å². The van der Waals surface area contributed by atoms with E-state index in [1.54, 1.807) is 19.4 Å². The number of amides is 1. The van der Waals surface area contributed by atoms with Crippen LogP contribution in [0.15, 0.2) is 11.6 Å². The summed E-state index contributed by atoms with van der Waals surface area (Å²) in [6, 6.07) is 0. The van der Waals surface area contributed by atoms with E-state index < -0.39 is 12.1 Å². The minimum atomic E-state index is -0.491. The largest absolute Gasteiger partial charge is 0.465 e. The molecule has 4 aliphatic carbocycles. The second-order valence-electron chi connectivity index (χ2n) is 15.0. The SMILES string of the molecule is CCOC(=O)CN(CCOC1CCC2(C)C(=CCC3C2CCC2(C)C3CCC2[C@H](C)CCCC(C)C)C1)C(=O)OCC. The predicted molar refractivity (Wildman–Crippen MR) is 168 cm³/mol. The molecule has 0 aromatic rings. The number of hydrogen-bond donors (Lipinski definition) is 0. The fourth-order valence-corrected chi connectivity index (χ4v) is 9.94. The number of allylic oxidation sites excluding steroid dienone is 1. The van der Waals surface area contributed by atoms with Crippen molar-refractivity contribution in [3.05, 3.63) is 11.6 Å². The zero-order chi connectivity index (χ0) is 30.5. The zero-order valence-electron chi connectivity index (χ0n) is 27.9. The van der Waals surface area contributed by atoms with Crippen molar-refractivity contribution in [3.8, 4) is 0 Å². The summed E-state index contributed by atoms with van der Waals surface area (Å²) in [5, 5.41) is 0. The third-order valence-corrected chi connectivity index (χ3v) is 12.1. The average Bonchev–Trinajstić information content (AvgIpc) is 3.30. The molecule has 42 heavy (non-hydrogen) atoms. The monoisotopic (exact) mass is 587 g/mol. The number of nitrogens with zero attached hydrogens (tertiary/aromatic N) is 1. The normalized spacial score (nSPS) is 34.6. The first-order chi connectivity index (χ1) is 20.0. The number of esters is 1. The lowest BCUT2D eigenvalue weighted by molar-refractivity contribution is -0.144. The Morgan fingerprint density at radius 3 is 2.45 bits per heavy atom. The predicted octanol–water partition coefficient (Wildman–Crippen LogP) is 8.43. The van der Waals surface area contributed by atoms with Gasteiger partial charge in [-0.15, -0.1) is 0 Å². The number of hydrogen-bond acceptors (Lipinski definition) is 5. The van der Waals surface area contributed by atoms with Crippen LogP contribution in [0.2, 0.25) is 0 Å². The van der Waals surface area contributed by atoms with Gasteiger partial charge < -0.3 is 14.2 Å². The number of ether oxygens (including phenoxy) is 3. The Labute approximate surface area is 256 Å². The molecule has 0 heterocycles. The number of carbonyl (C=O) groups excluding carboxylic acids is 2. The van der Waals surface area contributed by atoms with Gasteiger partial charge in [0.05, 0.1) is 25.9 Å². The maximum atomic E-state index is 12.4. The summed E-state index contributed by atoms with van der Waals surface area (Å²) >= 11 is 0. The molecule has 8 atom stereocenters. The summed E-state index contributed by atoms with van der Waals surface area (Å²) in [4.78, 5) is 25.8. The van der Waals surface area contributed by atoms with Crippen molar-refractivity contribution >= 4 is 12.1 Å². The van der Waals surface area contributed by atoms with Gasteiger partial charge in [-0.05, 0) is 112 Å². The number of fused-ring (bicyclic) bond motifs is 5. The van der Waals surface area contributed by atoms with Gasteiger partial charge in [0.1, 0.15) is 6.54 Å². The summed E-state index contributed by atoms with van der Waals surface area (Å²) in [6.45, 7) is 17.2. The smallest absolute Gasteiger partial charge is 0.410 e. The molecule has 7 unspecified atom stereocenters. The highest BCUT2D eigenvalue weighted by Gasteiger charge is 2.59. The third-order valence-electron chi connectivity index (χ3n) is 12.1. The second kappa shape index (κ2) is 14.5. The van der Waals surface area contributed by atoms with E-state index in [1.165, 1.54) is 62.7 Å². The van der Waals surface area contributed by atoms with Crippen LogP contribution >= 0.6 is 0 Å². The van der Waals surface area contributed by atoms with Gasteiger partial charge in [0.15, 0.2) is 0 Å². The van der Waals surface area contributed by atoms with Gasteiger partial charge in [-0.2, -0.15) is 0 Å². The van der Waals surface area contributed by atoms with E-state index in [0.717, 1.165) is 48.3 Å². The topological polar surface area (TPSA) is 65.1 Å². The average molecular weight is 588 g/mol. The standard InChI is InChI=1S/C36H61NO5/c1-8-40-33(38)24-37(34(39)41-9-2)21-22-42-28-17-19-35(6)27(23-28)13-14-29-31-16-15-30(26(5)12-10-11-25(3)4)36(31,7)20-18-32(29)35/h13,25-26,28-32H,8-12,14-24H2,1-7H3/t26-,28?,29?,30?,31?,32?,35?,36?/m1/s1. The van der Waals surface area contributed by atoms with Crippen LogP contribution in [-0.2, 0) is 19.0 Å². The van der Waals surface area contributed by atoms with Gasteiger partial charge in [-0.25, -0.2) is 4.79 Å². The fourth-order valence-electron chi connectivity index (χ4n) is 9.94. The second-order valence-corrected chi connectivity index (χ2v) is 15.0. The minimum Gasteiger partial charge on any atom is -0.465 e. The molecule has 0 aliphatic heterocycles. The Hall–Kier alpha value is -1.56. The molecule has 0 saturated heterocycles. The van der Waals surface area contributed by atoms with Crippen LogP contribution in [0.3, 0.4) is 0 Å². The zero-order valence-corrected chi connectivity index (χ0v) is 27.9. The van der Waals surface area contributed by atoms with E-state index in [-0.39, 0.29) is 19.3 Å². The first-order valence-electron chi connectivity index (χ1n) is 17.4. The quantitative estimate of drug-likeness (QED) is 0.160. The van der Waals surface area contributed by atoms with Crippen LogP contribution in [0.4, 0.5) is 4.79 Å². The summed E-state index contributed by atoms with van der Waals surface area (Å²) in [5.74, 6) is 4.67. The highest BCUT2D eigenvalue weighted by atomic mass is 16.6. The van der Waals surface area contributed by atoms with Crippen molar-refractivity contribution in [2.75, 3.05) is 32.9 Å². The summed E-state index contributed by atoms with van der Waals surface area (Å²) < 4.78 is 16.5. The highest BCUT2D eigenvalue weighted by Crippen LogP contribution is 2.67. The fraction of sp³-hybridized carbons (Fsp3) is 0.889. The summed E-state index contributed by atoms with van der Waals surface area (Å²) in [7, 11) is 0. The molecule has 0 spiro atoms. The van der Waals surface area contributed by atoms with E-state index in [4.69, 9.17) is 14.2 Å². The molecule has 3 saturated carbocycles. The van der Waals surface area contributed by atoms with Gasteiger partial charge in [0.25, 0.3) is 0 Å². The van der Waals surface area contributed by atoms with Crippen LogP contribution in [-0.4, -0.2) is 56.0 Å². The number of carbonyl (C=O) groups is 2. The van der Waals surface area contributed by atoms with E-state index >= 15 is 0 Å². The molecule has 0 aromatic heterocycles. The molecule has 4 rings (SSSR count). The van der Waals surface area contributed by atoms with E-state index in [2.05, 4.69) is 40.7 Å². The van der Waals surface area contributed by atoms with Crippen molar-refractivity contribution < 1.29 is 23.8 Å². The molecular formula is C36H61NO5. The first-order valence-corrected chi connectivity index (χ1v) is 17.4. The third kappa shape index (κ3) is 7.21. The maximum absolute atomic E-state index is 12.4. The first kappa shape index (κ1) is 33.3. The van der Waals surface area contributed by atoms with Crippen LogP contribution in [0.5, 0.6) is 0 Å². The Balaban J connectivity index is 1.34. The minimum absolute atomic E-state index is 0.106. The highest BCUT2D eigenvalue weighted by molar-refractivity contribution is 5.78. The molecule has 1 amide bonds. The van der Waals surface area contributed by atoms with Gasteiger partial charge in [0.2, 0.25) is 0 Å². The summed E-state index contributed by atoms with van der Waals surface area (Å²) in [6.07, 6.45) is 16.6. The van der Waals surface area contributed by atoms with E-state index in [9.17, 15) is 9.59 Å². The molecule has 240 valence electrons. The molecular weight excluding hydrogens is 526 g/mol. The Morgan fingerprint density at radius 1 is 0.976 bits per heavy atom. The lowest BCUT2D eigenvalue weighted by atomic mass is 9.47. The van der Waals surface area contributed by atoms with Crippen molar-refractivity contribution in [2.45, 2.75) is 125 Å².